The smallest absolute Gasteiger partial charge is 0.210 e. The number of ether oxygens (including phenoxy) is 2. The number of methoxy groups -OCH3 is 2. The van der Waals surface area contributed by atoms with Gasteiger partial charge < -0.3 is 13.9 Å². The Morgan fingerprint density at radius 1 is 0.853 bits per heavy atom. The molecule has 0 spiro atoms. The molecule has 0 atom stereocenters. The Bertz CT molecular complexity index is 1540. The van der Waals surface area contributed by atoms with Crippen molar-refractivity contribution in [2.45, 2.75) is 6.92 Å². The van der Waals surface area contributed by atoms with Gasteiger partial charge in [-0.3, -0.25) is 0 Å². The van der Waals surface area contributed by atoms with Crippen molar-refractivity contribution in [1.82, 2.24) is 4.98 Å². The molecule has 5 aromatic rings. The molecule has 0 saturated carbocycles. The van der Waals surface area contributed by atoms with Crippen molar-refractivity contribution in [1.29, 1.82) is 0 Å². The Kier molecular flexibility index (Phi) is 6.22. The zero-order valence-corrected chi connectivity index (χ0v) is 21.2. The first-order valence-electron chi connectivity index (χ1n) is 10.6. The average molecular weight is 533 g/mol. The maximum Gasteiger partial charge on any atom is 0.210 e. The zero-order valence-electron chi connectivity index (χ0n) is 18.8. The summed E-state index contributed by atoms with van der Waals surface area (Å²) in [5.41, 5.74) is 3.65. The number of benzene rings is 3. The normalized spacial score (nSPS) is 11.7. The van der Waals surface area contributed by atoms with Crippen LogP contribution >= 0.6 is 27.3 Å². The van der Waals surface area contributed by atoms with Gasteiger partial charge in [-0.25, -0.2) is 9.98 Å². The number of aromatic nitrogens is 1. The molecule has 0 amide bonds. The van der Waals surface area contributed by atoms with Gasteiger partial charge in [0.15, 0.2) is 0 Å². The van der Waals surface area contributed by atoms with Crippen LogP contribution in [0.4, 0.5) is 5.13 Å². The quantitative estimate of drug-likeness (QED) is 0.234. The van der Waals surface area contributed by atoms with E-state index in [4.69, 9.17) is 23.9 Å². The maximum atomic E-state index is 6.23. The first-order valence-corrected chi connectivity index (χ1v) is 12.2. The van der Waals surface area contributed by atoms with Crippen molar-refractivity contribution < 1.29 is 13.9 Å². The number of aryl methyl sites for hydroxylation is 1. The molecule has 5 rings (SSSR count). The Morgan fingerprint density at radius 2 is 1.53 bits per heavy atom. The van der Waals surface area contributed by atoms with E-state index in [9.17, 15) is 0 Å². The summed E-state index contributed by atoms with van der Waals surface area (Å²) in [5.74, 6) is 2.24. The number of rotatable bonds is 5. The highest BCUT2D eigenvalue weighted by Crippen LogP contribution is 2.33. The lowest BCUT2D eigenvalue weighted by Crippen LogP contribution is -2.03. The Labute approximate surface area is 209 Å². The van der Waals surface area contributed by atoms with Crippen molar-refractivity contribution in [2.24, 2.45) is 4.99 Å². The summed E-state index contributed by atoms with van der Waals surface area (Å²) < 4.78 is 18.0. The number of nitrogens with zero attached hydrogens (tertiary/aromatic N) is 2. The summed E-state index contributed by atoms with van der Waals surface area (Å²) in [6.07, 6.45) is 0. The molecule has 0 unspecified atom stereocenters. The second kappa shape index (κ2) is 9.44. The fourth-order valence-electron chi connectivity index (χ4n) is 3.67. The zero-order chi connectivity index (χ0) is 23.7. The number of halogens is 1. The second-order valence-electron chi connectivity index (χ2n) is 7.61. The van der Waals surface area contributed by atoms with Crippen LogP contribution in [0.2, 0.25) is 0 Å². The summed E-state index contributed by atoms with van der Waals surface area (Å²) in [7, 11) is 3.30. The second-order valence-corrected chi connectivity index (χ2v) is 9.70. The minimum atomic E-state index is 0.686. The van der Waals surface area contributed by atoms with Gasteiger partial charge in [-0.15, -0.1) is 0 Å². The third kappa shape index (κ3) is 4.49. The average Bonchev–Trinajstić information content (AvgIpc) is 3.24. The van der Waals surface area contributed by atoms with Gasteiger partial charge >= 0.3 is 0 Å². The molecule has 34 heavy (non-hydrogen) atoms. The first kappa shape index (κ1) is 22.4. The summed E-state index contributed by atoms with van der Waals surface area (Å²) in [6.45, 7) is 2.07. The van der Waals surface area contributed by atoms with E-state index < -0.39 is 0 Å². The molecule has 0 aliphatic carbocycles. The molecule has 3 aromatic carbocycles. The fourth-order valence-corrected chi connectivity index (χ4v) is 4.75. The molecular formula is C27H21BrN2O3S. The van der Waals surface area contributed by atoms with Gasteiger partial charge in [0.1, 0.15) is 22.8 Å². The van der Waals surface area contributed by atoms with Crippen LogP contribution in [-0.4, -0.2) is 19.2 Å². The molecule has 0 N–H and O–H groups in total. The van der Waals surface area contributed by atoms with E-state index in [2.05, 4.69) is 35.0 Å². The number of fused-ring (bicyclic) bond motifs is 1. The van der Waals surface area contributed by atoms with Crippen LogP contribution in [0.15, 0.2) is 86.7 Å². The lowest BCUT2D eigenvalue weighted by Gasteiger charge is -2.07. The summed E-state index contributed by atoms with van der Waals surface area (Å²) in [6, 6.07) is 23.6. The van der Waals surface area contributed by atoms with E-state index >= 15 is 0 Å². The topological polar surface area (TPSA) is 56.9 Å². The fraction of sp³-hybridized carbons (Fsp3) is 0.111. The van der Waals surface area contributed by atoms with Gasteiger partial charge in [-0.05, 0) is 61.5 Å². The van der Waals surface area contributed by atoms with Crippen LogP contribution in [0, 0.1) is 6.92 Å². The van der Waals surface area contributed by atoms with Crippen LogP contribution in [0.5, 0.6) is 11.5 Å². The number of hydrogen-bond acceptors (Lipinski definition) is 6. The van der Waals surface area contributed by atoms with Crippen molar-refractivity contribution in [2.75, 3.05) is 14.2 Å². The molecule has 0 saturated heterocycles. The molecular weight excluding hydrogens is 512 g/mol. The van der Waals surface area contributed by atoms with E-state index in [1.165, 1.54) is 0 Å². The minimum absolute atomic E-state index is 0.686. The van der Waals surface area contributed by atoms with Crippen molar-refractivity contribution in [3.63, 3.8) is 0 Å². The van der Waals surface area contributed by atoms with Gasteiger partial charge in [-0.2, -0.15) is 0 Å². The van der Waals surface area contributed by atoms with Crippen LogP contribution in [0.25, 0.3) is 33.6 Å². The molecule has 0 bridgehead atoms. The predicted octanol–water partition coefficient (Wildman–Crippen LogP) is 7.54. The molecule has 0 fully saturated rings. The van der Waals surface area contributed by atoms with E-state index in [0.29, 0.717) is 16.5 Å². The van der Waals surface area contributed by atoms with Crippen molar-refractivity contribution in [3.8, 4) is 34.1 Å². The number of thiazole rings is 1. The lowest BCUT2D eigenvalue weighted by molar-refractivity contribution is 0.414. The lowest BCUT2D eigenvalue weighted by atomic mass is 10.1. The molecule has 170 valence electrons. The highest BCUT2D eigenvalue weighted by molar-refractivity contribution is 9.10. The molecule has 7 heteroatoms. The van der Waals surface area contributed by atoms with Gasteiger partial charge in [0, 0.05) is 31.9 Å². The summed E-state index contributed by atoms with van der Waals surface area (Å²) >= 11 is 5.06. The summed E-state index contributed by atoms with van der Waals surface area (Å²) in [5, 5.41) is 2.31. The molecule has 0 aliphatic rings. The van der Waals surface area contributed by atoms with E-state index in [1.807, 2.05) is 60.7 Å². The van der Waals surface area contributed by atoms with Gasteiger partial charge in [-0.1, -0.05) is 39.4 Å². The summed E-state index contributed by atoms with van der Waals surface area (Å²) in [4.78, 5) is 10.9. The van der Waals surface area contributed by atoms with Gasteiger partial charge in [0.05, 0.1) is 25.3 Å². The van der Waals surface area contributed by atoms with Crippen LogP contribution in [0.3, 0.4) is 0 Å². The first-order chi connectivity index (χ1) is 16.5. The maximum absolute atomic E-state index is 6.23. The molecule has 0 aliphatic heterocycles. The van der Waals surface area contributed by atoms with Crippen molar-refractivity contribution >= 4 is 43.4 Å². The van der Waals surface area contributed by atoms with Gasteiger partial charge in [0.25, 0.3) is 0 Å². The minimum Gasteiger partial charge on any atom is -0.497 e. The molecule has 5 nitrogen and oxygen atoms in total. The Balaban J connectivity index is 1.68. The van der Waals surface area contributed by atoms with E-state index in [-0.39, 0.29) is 0 Å². The monoisotopic (exact) mass is 532 g/mol. The third-order valence-electron chi connectivity index (χ3n) is 5.44. The van der Waals surface area contributed by atoms with Crippen molar-refractivity contribution in [3.05, 3.63) is 87.5 Å². The van der Waals surface area contributed by atoms with E-state index in [1.54, 1.807) is 25.6 Å². The Morgan fingerprint density at radius 3 is 2.24 bits per heavy atom. The molecule has 2 aromatic heterocycles. The van der Waals surface area contributed by atoms with Gasteiger partial charge in [0.2, 0.25) is 5.13 Å². The van der Waals surface area contributed by atoms with Crippen LogP contribution in [-0.2, 0) is 0 Å². The highest BCUT2D eigenvalue weighted by atomic mass is 79.9. The third-order valence-corrected chi connectivity index (χ3v) is 6.84. The number of hydrogen-bond donors (Lipinski definition) is 0. The SMILES string of the molecule is COc1ccc(-c2cc(=Nc3nc(-c4ccc(Br)cc4)c(C)s3)c3cc(OC)ccc3o2)cc1. The molecule has 0 radical (unpaired) electrons. The van der Waals surface area contributed by atoms with Crippen LogP contribution < -0.4 is 14.8 Å². The highest BCUT2D eigenvalue weighted by Gasteiger charge is 2.12. The predicted molar refractivity (Wildman–Crippen MR) is 140 cm³/mol. The van der Waals surface area contributed by atoms with Crippen LogP contribution in [0.1, 0.15) is 4.88 Å². The molecule has 2 heterocycles. The largest absolute Gasteiger partial charge is 0.497 e. The van der Waals surface area contributed by atoms with E-state index in [0.717, 1.165) is 48.4 Å². The Hall–Kier alpha value is -3.42. The standard InChI is InChI=1S/C27H21BrN2O3S/c1-16-26(18-4-8-19(28)9-5-18)30-27(34-16)29-23-15-25(17-6-10-20(31-2)11-7-17)33-24-13-12-21(32-3)14-22(23)24/h4-15H,1-3H3.